The monoisotopic (exact) mass is 470 g/mol. The first kappa shape index (κ1) is 23.9. The summed E-state index contributed by atoms with van der Waals surface area (Å²) in [6.07, 6.45) is 0.182. The molecule has 10 nitrogen and oxygen atoms in total. The zero-order valence-corrected chi connectivity index (χ0v) is 19.0. The van der Waals surface area contributed by atoms with Gasteiger partial charge in [-0.1, -0.05) is 6.92 Å². The maximum absolute atomic E-state index is 13.7. The molecule has 0 heterocycles. The third kappa shape index (κ3) is 3.01. The third-order valence-corrected chi connectivity index (χ3v) is 7.57. The van der Waals surface area contributed by atoms with Crippen molar-refractivity contribution in [3.05, 3.63) is 28.8 Å². The van der Waals surface area contributed by atoms with E-state index in [1.165, 1.54) is 31.1 Å². The largest absolute Gasteiger partial charge is 0.507 e. The summed E-state index contributed by atoms with van der Waals surface area (Å²) in [5.41, 5.74) is 2.94. The summed E-state index contributed by atoms with van der Waals surface area (Å²) in [6, 6.07) is 1.48. The van der Waals surface area contributed by atoms with Crippen LogP contribution in [-0.2, 0) is 25.6 Å². The molecule has 6 atom stereocenters. The molecule has 0 saturated heterocycles. The zero-order chi connectivity index (χ0) is 25.3. The van der Waals surface area contributed by atoms with Crippen LogP contribution in [-0.4, -0.2) is 75.7 Å². The summed E-state index contributed by atoms with van der Waals surface area (Å²) in [4.78, 5) is 79.2. The first-order valence-corrected chi connectivity index (χ1v) is 11.1. The molecular formula is C24H26N2O8. The maximum atomic E-state index is 13.7. The number of phenols is 1. The topological polar surface area (TPSA) is 172 Å². The lowest BCUT2D eigenvalue weighted by Gasteiger charge is -2.52. The van der Waals surface area contributed by atoms with Crippen molar-refractivity contribution in [1.82, 2.24) is 4.90 Å². The Kier molecular flexibility index (Phi) is 5.57. The first-order valence-electron chi connectivity index (χ1n) is 11.1. The molecule has 4 rings (SSSR count). The second-order valence-corrected chi connectivity index (χ2v) is 9.55. The lowest BCUT2D eigenvalue weighted by molar-refractivity contribution is -0.181. The highest BCUT2D eigenvalue weighted by molar-refractivity contribution is 6.32. The standard InChI is InChI=1S/C24H26N2O8/c1-4-13(27)10-5-6-14(28)16-11(10)7-9-8-12-18(26(2)3)20(30)17(23(25)33)22(32)24(12,34)21(31)15(9)19(16)29/h5-6,9,12,15,17-18,28,34H,4,7-8H2,1-3H3,(H2,25,33)/t9-,12-,15?,17?,18-,24-/m1/s1. The fourth-order valence-electron chi connectivity index (χ4n) is 6.06. The van der Waals surface area contributed by atoms with Gasteiger partial charge in [-0.3, -0.25) is 33.7 Å². The summed E-state index contributed by atoms with van der Waals surface area (Å²) in [5, 5.41) is 21.9. The molecule has 0 spiro atoms. The quantitative estimate of drug-likeness (QED) is 0.386. The number of amides is 1. The molecule has 3 aliphatic carbocycles. The Hall–Kier alpha value is -3.24. The highest BCUT2D eigenvalue weighted by Gasteiger charge is 2.69. The summed E-state index contributed by atoms with van der Waals surface area (Å²) in [5.74, 6) is -11.3. The minimum atomic E-state index is -2.76. The van der Waals surface area contributed by atoms with Gasteiger partial charge in [-0.2, -0.15) is 0 Å². The van der Waals surface area contributed by atoms with Gasteiger partial charge < -0.3 is 15.9 Å². The number of primary amides is 1. The number of aliphatic hydroxyl groups is 1. The molecule has 0 aliphatic heterocycles. The average Bonchev–Trinajstić information content (AvgIpc) is 2.75. The number of carbonyl (C=O) groups is 6. The fraction of sp³-hybridized carbons (Fsp3) is 0.500. The Morgan fingerprint density at radius 1 is 1.15 bits per heavy atom. The fourth-order valence-corrected chi connectivity index (χ4v) is 6.06. The van der Waals surface area contributed by atoms with Crippen molar-refractivity contribution < 1.29 is 39.0 Å². The van der Waals surface area contributed by atoms with Crippen LogP contribution in [0, 0.1) is 23.7 Å². The molecule has 34 heavy (non-hydrogen) atoms. The first-order chi connectivity index (χ1) is 15.9. The number of ketones is 5. The molecule has 1 aromatic carbocycles. The Bertz CT molecular complexity index is 1170. The second-order valence-electron chi connectivity index (χ2n) is 9.55. The number of nitrogens with two attached hydrogens (primary N) is 1. The van der Waals surface area contributed by atoms with E-state index < -0.39 is 70.1 Å². The van der Waals surface area contributed by atoms with Crippen LogP contribution >= 0.6 is 0 Å². The number of aromatic hydroxyl groups is 1. The SMILES string of the molecule is CCC(=O)c1ccc(O)c2c1C[C@@H]1C[C@@H]3[C@@H](N(C)C)C(=O)C(C(N)=O)C(=O)[C@]3(O)C(=O)C1C2=O. The van der Waals surface area contributed by atoms with Crippen molar-refractivity contribution in [2.75, 3.05) is 14.1 Å². The van der Waals surface area contributed by atoms with E-state index in [0.29, 0.717) is 5.56 Å². The van der Waals surface area contributed by atoms with Crippen LogP contribution in [0.25, 0.3) is 0 Å². The van der Waals surface area contributed by atoms with E-state index in [9.17, 15) is 39.0 Å². The van der Waals surface area contributed by atoms with E-state index in [4.69, 9.17) is 5.73 Å². The highest BCUT2D eigenvalue weighted by atomic mass is 16.3. The van der Waals surface area contributed by atoms with E-state index in [0.717, 1.165) is 0 Å². The van der Waals surface area contributed by atoms with Gasteiger partial charge in [0.2, 0.25) is 5.91 Å². The predicted octanol–water partition coefficient (Wildman–Crippen LogP) is -0.540. The lowest BCUT2D eigenvalue weighted by atomic mass is 9.52. The van der Waals surface area contributed by atoms with Gasteiger partial charge in [0.05, 0.1) is 17.5 Å². The smallest absolute Gasteiger partial charge is 0.235 e. The summed E-state index contributed by atoms with van der Waals surface area (Å²) >= 11 is 0. The van der Waals surface area contributed by atoms with Gasteiger partial charge in [-0.25, -0.2) is 0 Å². The Morgan fingerprint density at radius 2 is 1.79 bits per heavy atom. The molecular weight excluding hydrogens is 444 g/mol. The van der Waals surface area contributed by atoms with Crippen molar-refractivity contribution >= 4 is 34.8 Å². The molecule has 0 radical (unpaired) electrons. The van der Waals surface area contributed by atoms with Gasteiger partial charge in [0.15, 0.2) is 40.4 Å². The van der Waals surface area contributed by atoms with Crippen LogP contribution in [0.4, 0.5) is 0 Å². The van der Waals surface area contributed by atoms with Crippen molar-refractivity contribution in [2.45, 2.75) is 37.8 Å². The van der Waals surface area contributed by atoms with Gasteiger partial charge in [-0.05, 0) is 50.6 Å². The Labute approximate surface area is 195 Å². The van der Waals surface area contributed by atoms with Crippen LogP contribution in [0.2, 0.25) is 0 Å². The molecule has 2 unspecified atom stereocenters. The molecule has 10 heteroatoms. The molecule has 3 aliphatic rings. The number of hydrogen-bond acceptors (Lipinski definition) is 9. The van der Waals surface area contributed by atoms with Crippen LogP contribution in [0.1, 0.15) is 46.0 Å². The molecule has 4 N–H and O–H groups in total. The molecule has 2 saturated carbocycles. The van der Waals surface area contributed by atoms with Gasteiger partial charge >= 0.3 is 0 Å². The summed E-state index contributed by atoms with van der Waals surface area (Å²) < 4.78 is 0. The minimum absolute atomic E-state index is 0.0562. The highest BCUT2D eigenvalue weighted by Crippen LogP contribution is 2.51. The van der Waals surface area contributed by atoms with E-state index in [-0.39, 0.29) is 36.2 Å². The minimum Gasteiger partial charge on any atom is -0.507 e. The average molecular weight is 470 g/mol. The van der Waals surface area contributed by atoms with Crippen molar-refractivity contribution in [3.63, 3.8) is 0 Å². The molecule has 0 bridgehead atoms. The number of benzene rings is 1. The Balaban J connectivity index is 1.89. The molecule has 1 amide bonds. The van der Waals surface area contributed by atoms with Gasteiger partial charge in [0.1, 0.15) is 5.75 Å². The molecule has 180 valence electrons. The Morgan fingerprint density at radius 3 is 2.35 bits per heavy atom. The van der Waals surface area contributed by atoms with Crippen LogP contribution in [0.15, 0.2) is 12.1 Å². The number of phenolic OH excluding ortho intramolecular Hbond substituents is 1. The number of rotatable bonds is 4. The summed E-state index contributed by atoms with van der Waals surface area (Å²) in [6.45, 7) is 1.66. The van der Waals surface area contributed by atoms with Crippen molar-refractivity contribution in [3.8, 4) is 5.75 Å². The number of hydrogen-bond donors (Lipinski definition) is 3. The van der Waals surface area contributed by atoms with Crippen LogP contribution in [0.3, 0.4) is 0 Å². The van der Waals surface area contributed by atoms with Gasteiger partial charge in [-0.15, -0.1) is 0 Å². The normalized spacial score (nSPS) is 32.8. The van der Waals surface area contributed by atoms with Crippen molar-refractivity contribution in [1.29, 1.82) is 0 Å². The van der Waals surface area contributed by atoms with Crippen molar-refractivity contribution in [2.24, 2.45) is 29.4 Å². The molecule has 0 aromatic heterocycles. The third-order valence-electron chi connectivity index (χ3n) is 7.57. The van der Waals surface area contributed by atoms with Crippen LogP contribution in [0.5, 0.6) is 5.75 Å². The van der Waals surface area contributed by atoms with E-state index >= 15 is 0 Å². The number of fused-ring (bicyclic) bond motifs is 3. The number of nitrogens with zero attached hydrogens (tertiary/aromatic N) is 1. The predicted molar refractivity (Wildman–Crippen MR) is 116 cm³/mol. The van der Waals surface area contributed by atoms with Crippen LogP contribution < -0.4 is 5.73 Å². The van der Waals surface area contributed by atoms with Gasteiger partial charge in [0.25, 0.3) is 0 Å². The van der Waals surface area contributed by atoms with E-state index in [1.54, 1.807) is 6.92 Å². The maximum Gasteiger partial charge on any atom is 0.235 e. The van der Waals surface area contributed by atoms with Gasteiger partial charge in [0, 0.05) is 17.9 Å². The lowest BCUT2D eigenvalue weighted by Crippen LogP contribution is -2.74. The molecule has 1 aromatic rings. The van der Waals surface area contributed by atoms with E-state index in [1.807, 2.05) is 0 Å². The number of Topliss-reactive ketones (excluding diaryl/α,β-unsaturated/α-hetero) is 5. The second kappa shape index (κ2) is 7.92. The number of likely N-dealkylation sites (N-methyl/N-ethyl adjacent to an activating group) is 1. The van der Waals surface area contributed by atoms with E-state index in [2.05, 4.69) is 0 Å². The zero-order valence-electron chi connectivity index (χ0n) is 19.0. The summed E-state index contributed by atoms with van der Waals surface area (Å²) in [7, 11) is 3.04. The molecule has 2 fully saturated rings. The number of carbonyl (C=O) groups excluding carboxylic acids is 6.